The lowest BCUT2D eigenvalue weighted by molar-refractivity contribution is -0.129. The maximum Gasteiger partial charge on any atom is 0.231 e. The average Bonchev–Trinajstić information content (AvgIpc) is 3.51. The third-order valence-electron chi connectivity index (χ3n) is 6.34. The van der Waals surface area contributed by atoms with E-state index in [2.05, 4.69) is 5.32 Å². The predicted octanol–water partition coefficient (Wildman–Crippen LogP) is 5.15. The molecule has 5 rings (SSSR count). The highest BCUT2D eigenvalue weighted by Crippen LogP contribution is 2.42. The Balaban J connectivity index is 1.42. The molecule has 6 nitrogen and oxygen atoms in total. The highest BCUT2D eigenvalue weighted by molar-refractivity contribution is 7.10. The number of anilines is 1. The van der Waals surface area contributed by atoms with Crippen LogP contribution in [0.1, 0.15) is 47.9 Å². The largest absolute Gasteiger partial charge is 0.454 e. The summed E-state index contributed by atoms with van der Waals surface area (Å²) in [5.41, 5.74) is 2.90. The van der Waals surface area contributed by atoms with Crippen LogP contribution in [-0.2, 0) is 9.59 Å². The minimum absolute atomic E-state index is 0.0464. The van der Waals surface area contributed by atoms with Crippen molar-refractivity contribution in [2.75, 3.05) is 11.7 Å². The fraction of sp³-hybridized carbons (Fsp3) is 0.308. The summed E-state index contributed by atoms with van der Waals surface area (Å²) in [5, 5.41) is 5.17. The van der Waals surface area contributed by atoms with Crippen molar-refractivity contribution in [1.82, 2.24) is 5.32 Å². The Labute approximate surface area is 197 Å². The molecule has 3 unspecified atom stereocenters. The van der Waals surface area contributed by atoms with Gasteiger partial charge in [-0.3, -0.25) is 9.59 Å². The summed E-state index contributed by atoms with van der Waals surface area (Å²) >= 11 is 1.58. The molecule has 0 radical (unpaired) electrons. The molecule has 2 aromatic carbocycles. The first-order valence-electron chi connectivity index (χ1n) is 11.1. The second kappa shape index (κ2) is 8.90. The van der Waals surface area contributed by atoms with Gasteiger partial charge in [0.1, 0.15) is 0 Å². The SMILES string of the molecule is Cc1ccc(N2C(=O)CCC(C(=O)NC(C)c3ccc4c(c3)OCO4)C2c2cccs2)cc1. The van der Waals surface area contributed by atoms with Crippen molar-refractivity contribution >= 4 is 28.8 Å². The molecule has 2 aliphatic heterocycles. The molecule has 0 spiro atoms. The number of benzene rings is 2. The normalized spacial score (nSPS) is 20.5. The van der Waals surface area contributed by atoms with Gasteiger partial charge in [-0.25, -0.2) is 0 Å². The van der Waals surface area contributed by atoms with Gasteiger partial charge in [0.2, 0.25) is 18.6 Å². The van der Waals surface area contributed by atoms with Crippen LogP contribution in [0.2, 0.25) is 0 Å². The second-order valence-electron chi connectivity index (χ2n) is 8.55. The number of ether oxygens (including phenoxy) is 2. The molecule has 170 valence electrons. The zero-order chi connectivity index (χ0) is 22.9. The van der Waals surface area contributed by atoms with Crippen LogP contribution < -0.4 is 19.7 Å². The van der Waals surface area contributed by atoms with E-state index in [0.29, 0.717) is 18.6 Å². The van der Waals surface area contributed by atoms with Crippen LogP contribution in [0, 0.1) is 12.8 Å². The lowest BCUT2D eigenvalue weighted by Gasteiger charge is -2.40. The number of nitrogens with one attached hydrogen (secondary N) is 1. The maximum absolute atomic E-state index is 13.6. The van der Waals surface area contributed by atoms with E-state index in [1.807, 2.05) is 78.7 Å². The molecule has 2 amide bonds. The lowest BCUT2D eigenvalue weighted by atomic mass is 9.86. The molecule has 0 aliphatic carbocycles. The highest BCUT2D eigenvalue weighted by Gasteiger charge is 2.42. The molecular weight excluding hydrogens is 436 g/mol. The van der Waals surface area contributed by atoms with Crippen LogP contribution in [0.5, 0.6) is 11.5 Å². The van der Waals surface area contributed by atoms with E-state index in [1.165, 1.54) is 0 Å². The molecule has 2 aliphatic rings. The molecule has 3 atom stereocenters. The standard InChI is InChI=1S/C26H26N2O4S/c1-16-5-8-19(9-6-16)28-24(29)12-10-20(25(28)23-4-3-13-33-23)26(30)27-17(2)18-7-11-21-22(14-18)32-15-31-21/h3-9,11,13-14,17,20,25H,10,12,15H2,1-2H3,(H,27,30). The Morgan fingerprint density at radius 3 is 2.67 bits per heavy atom. The Bertz CT molecular complexity index is 1160. The molecule has 3 heterocycles. The van der Waals surface area contributed by atoms with Crippen LogP contribution in [0.4, 0.5) is 5.69 Å². The smallest absolute Gasteiger partial charge is 0.231 e. The number of aryl methyl sites for hydroxylation is 1. The third-order valence-corrected chi connectivity index (χ3v) is 7.28. The van der Waals surface area contributed by atoms with E-state index >= 15 is 0 Å². The van der Waals surface area contributed by atoms with Gasteiger partial charge in [0.05, 0.1) is 18.0 Å². The van der Waals surface area contributed by atoms with Crippen molar-refractivity contribution in [1.29, 1.82) is 0 Å². The van der Waals surface area contributed by atoms with Gasteiger partial charge in [-0.15, -0.1) is 11.3 Å². The van der Waals surface area contributed by atoms with Crippen LogP contribution in [0.15, 0.2) is 60.0 Å². The van der Waals surface area contributed by atoms with E-state index in [1.54, 1.807) is 11.3 Å². The summed E-state index contributed by atoms with van der Waals surface area (Å²) in [5.74, 6) is 1.06. The Morgan fingerprint density at radius 2 is 1.91 bits per heavy atom. The molecule has 3 aromatic rings. The van der Waals surface area contributed by atoms with Crippen LogP contribution in [0.3, 0.4) is 0 Å². The van der Waals surface area contributed by atoms with Gasteiger partial charge >= 0.3 is 0 Å². The van der Waals surface area contributed by atoms with Crippen molar-refractivity contribution in [2.45, 2.75) is 38.8 Å². The summed E-state index contributed by atoms with van der Waals surface area (Å²) in [6, 6.07) is 17.1. The van der Waals surface area contributed by atoms with E-state index in [9.17, 15) is 9.59 Å². The zero-order valence-electron chi connectivity index (χ0n) is 18.6. The topological polar surface area (TPSA) is 67.9 Å². The number of carbonyl (C=O) groups is 2. The maximum atomic E-state index is 13.6. The number of rotatable bonds is 5. The first-order valence-corrected chi connectivity index (χ1v) is 12.0. The Hall–Kier alpha value is -3.32. The molecular formula is C26H26N2O4S. The molecule has 0 bridgehead atoms. The third kappa shape index (κ3) is 4.20. The number of piperidine rings is 1. The van der Waals surface area contributed by atoms with Gasteiger partial charge in [0.15, 0.2) is 11.5 Å². The minimum atomic E-state index is -0.348. The van der Waals surface area contributed by atoms with Gasteiger partial charge < -0.3 is 19.7 Å². The van der Waals surface area contributed by atoms with Crippen molar-refractivity contribution in [3.8, 4) is 11.5 Å². The summed E-state index contributed by atoms with van der Waals surface area (Å²) in [6.07, 6.45) is 0.857. The number of hydrogen-bond donors (Lipinski definition) is 1. The monoisotopic (exact) mass is 462 g/mol. The predicted molar refractivity (Wildman–Crippen MR) is 128 cm³/mol. The van der Waals surface area contributed by atoms with Crippen molar-refractivity contribution in [3.05, 3.63) is 76.0 Å². The number of nitrogens with zero attached hydrogens (tertiary/aromatic N) is 1. The van der Waals surface area contributed by atoms with Crippen molar-refractivity contribution in [3.63, 3.8) is 0 Å². The molecule has 7 heteroatoms. The number of carbonyl (C=O) groups excluding carboxylic acids is 2. The molecule has 1 fully saturated rings. The van der Waals surface area contributed by atoms with Gasteiger partial charge in [0, 0.05) is 17.0 Å². The average molecular weight is 463 g/mol. The quantitative estimate of drug-likeness (QED) is 0.570. The van der Waals surface area contributed by atoms with Gasteiger partial charge in [-0.05, 0) is 61.5 Å². The minimum Gasteiger partial charge on any atom is -0.454 e. The van der Waals surface area contributed by atoms with Gasteiger partial charge in [-0.1, -0.05) is 29.8 Å². The Kier molecular flexibility index (Phi) is 5.81. The second-order valence-corrected chi connectivity index (χ2v) is 9.53. The number of hydrogen-bond acceptors (Lipinski definition) is 5. The highest BCUT2D eigenvalue weighted by atomic mass is 32.1. The summed E-state index contributed by atoms with van der Waals surface area (Å²) < 4.78 is 10.9. The van der Waals surface area contributed by atoms with Crippen LogP contribution in [-0.4, -0.2) is 18.6 Å². The van der Waals surface area contributed by atoms with Gasteiger partial charge in [-0.2, -0.15) is 0 Å². The molecule has 1 saturated heterocycles. The first kappa shape index (κ1) is 21.5. The van der Waals surface area contributed by atoms with E-state index in [0.717, 1.165) is 27.4 Å². The first-order chi connectivity index (χ1) is 16.0. The van der Waals surface area contributed by atoms with Crippen molar-refractivity contribution < 1.29 is 19.1 Å². The van der Waals surface area contributed by atoms with Crippen molar-refractivity contribution in [2.24, 2.45) is 5.92 Å². The molecule has 1 N–H and O–H groups in total. The number of thiophene rings is 1. The summed E-state index contributed by atoms with van der Waals surface area (Å²) in [6.45, 7) is 4.20. The Morgan fingerprint density at radius 1 is 1.12 bits per heavy atom. The van der Waals surface area contributed by atoms with E-state index in [4.69, 9.17) is 9.47 Å². The molecule has 0 saturated carbocycles. The number of amides is 2. The van der Waals surface area contributed by atoms with Crippen LogP contribution in [0.25, 0.3) is 0 Å². The fourth-order valence-corrected chi connectivity index (χ4v) is 5.43. The number of fused-ring (bicyclic) bond motifs is 1. The fourth-order valence-electron chi connectivity index (χ4n) is 4.55. The summed E-state index contributed by atoms with van der Waals surface area (Å²) in [4.78, 5) is 29.5. The zero-order valence-corrected chi connectivity index (χ0v) is 19.4. The molecule has 1 aromatic heterocycles. The van der Waals surface area contributed by atoms with E-state index in [-0.39, 0.29) is 36.6 Å². The van der Waals surface area contributed by atoms with Gasteiger partial charge in [0.25, 0.3) is 0 Å². The van der Waals surface area contributed by atoms with E-state index < -0.39 is 0 Å². The lowest BCUT2D eigenvalue weighted by Crippen LogP contribution is -2.48. The molecule has 33 heavy (non-hydrogen) atoms. The van der Waals surface area contributed by atoms with Crippen LogP contribution >= 0.6 is 11.3 Å². The summed E-state index contributed by atoms with van der Waals surface area (Å²) in [7, 11) is 0.